The fourth-order valence-electron chi connectivity index (χ4n) is 1.89. The first kappa shape index (κ1) is 7.89. The number of hydrogen-bond acceptors (Lipinski definition) is 0. The van der Waals surface area contributed by atoms with E-state index in [4.69, 9.17) is 0 Å². The Kier molecular flexibility index (Phi) is 1.71. The summed E-state index contributed by atoms with van der Waals surface area (Å²) in [4.78, 5) is 0. The highest BCUT2D eigenvalue weighted by molar-refractivity contribution is 6.65. The van der Waals surface area contributed by atoms with E-state index >= 15 is 0 Å². The third-order valence-corrected chi connectivity index (χ3v) is 3.41. The van der Waals surface area contributed by atoms with Gasteiger partial charge in [-0.05, 0) is 21.2 Å². The minimum atomic E-state index is 0.826. The molecule has 1 radical (unpaired) electrons. The van der Waals surface area contributed by atoms with E-state index in [1.807, 2.05) is 0 Å². The molecular formula is C13H9Si. The maximum atomic E-state index is 2.33. The SMILES string of the molecule is C1=[Si]C=c2c(ccc3ccccc23)=C1. The van der Waals surface area contributed by atoms with Crippen molar-refractivity contribution in [3.8, 4) is 0 Å². The monoisotopic (exact) mass is 193 g/mol. The van der Waals surface area contributed by atoms with Crippen LogP contribution in [0.3, 0.4) is 0 Å². The van der Waals surface area contributed by atoms with Crippen molar-refractivity contribution in [1.29, 1.82) is 0 Å². The molecule has 0 fully saturated rings. The van der Waals surface area contributed by atoms with Crippen LogP contribution >= 0.6 is 0 Å². The maximum Gasteiger partial charge on any atom is 0.0512 e. The van der Waals surface area contributed by atoms with Crippen LogP contribution in [0, 0.1) is 0 Å². The first-order chi connectivity index (χ1) is 6.95. The molecule has 0 saturated carbocycles. The highest BCUT2D eigenvalue weighted by Crippen LogP contribution is 2.06. The summed E-state index contributed by atoms with van der Waals surface area (Å²) in [6, 6.07) is 13.0. The van der Waals surface area contributed by atoms with Crippen molar-refractivity contribution in [2.45, 2.75) is 0 Å². The van der Waals surface area contributed by atoms with Crippen molar-refractivity contribution in [3.63, 3.8) is 0 Å². The van der Waals surface area contributed by atoms with Crippen molar-refractivity contribution in [2.24, 2.45) is 0 Å². The molecule has 3 rings (SSSR count). The second kappa shape index (κ2) is 3.03. The summed E-state index contributed by atoms with van der Waals surface area (Å²) >= 11 is 0. The Hall–Kier alpha value is -1.47. The molecule has 1 aliphatic rings. The van der Waals surface area contributed by atoms with E-state index < -0.39 is 0 Å². The van der Waals surface area contributed by atoms with E-state index in [0.29, 0.717) is 0 Å². The van der Waals surface area contributed by atoms with Crippen molar-refractivity contribution in [1.82, 2.24) is 0 Å². The summed E-state index contributed by atoms with van der Waals surface area (Å²) in [6.45, 7) is 0. The Morgan fingerprint density at radius 1 is 0.929 bits per heavy atom. The predicted octanol–water partition coefficient (Wildman–Crippen LogP) is 0.878. The number of rotatable bonds is 0. The Balaban J connectivity index is 2.63. The molecule has 0 unspecified atom stereocenters. The zero-order chi connectivity index (χ0) is 9.38. The van der Waals surface area contributed by atoms with Gasteiger partial charge in [-0.2, -0.15) is 0 Å². The fraction of sp³-hybridized carbons (Fsp3) is 0. The molecule has 0 aliphatic carbocycles. The van der Waals surface area contributed by atoms with Crippen LogP contribution in [0.15, 0.2) is 36.4 Å². The van der Waals surface area contributed by atoms with Gasteiger partial charge in [-0.3, -0.25) is 0 Å². The third kappa shape index (κ3) is 1.10. The summed E-state index contributed by atoms with van der Waals surface area (Å²) in [5, 5.41) is 5.47. The van der Waals surface area contributed by atoms with E-state index in [2.05, 4.69) is 53.8 Å². The summed E-state index contributed by atoms with van der Waals surface area (Å²) in [5.74, 6) is 0. The zero-order valence-corrected chi connectivity index (χ0v) is 8.70. The second-order valence-corrected chi connectivity index (χ2v) is 4.39. The normalized spacial score (nSPS) is 13.1. The Morgan fingerprint density at radius 2 is 1.86 bits per heavy atom. The summed E-state index contributed by atoms with van der Waals surface area (Å²) in [7, 11) is 0.826. The van der Waals surface area contributed by atoms with E-state index in [1.54, 1.807) is 0 Å². The van der Waals surface area contributed by atoms with Crippen molar-refractivity contribution >= 4 is 37.4 Å². The Labute approximate surface area is 84.6 Å². The van der Waals surface area contributed by atoms with Gasteiger partial charge >= 0.3 is 0 Å². The lowest BCUT2D eigenvalue weighted by molar-refractivity contribution is 1.60. The van der Waals surface area contributed by atoms with Crippen LogP contribution in [0.2, 0.25) is 0 Å². The highest BCUT2D eigenvalue weighted by Gasteiger charge is 1.95. The van der Waals surface area contributed by atoms with E-state index in [-0.39, 0.29) is 0 Å². The zero-order valence-electron chi connectivity index (χ0n) is 7.70. The molecule has 0 N–H and O–H groups in total. The topological polar surface area (TPSA) is 0 Å². The highest BCUT2D eigenvalue weighted by atomic mass is 28.2. The molecule has 0 spiro atoms. The largest absolute Gasteiger partial charge is 0.0766 e. The minimum Gasteiger partial charge on any atom is -0.0766 e. The fourth-order valence-corrected chi connectivity index (χ4v) is 2.75. The van der Waals surface area contributed by atoms with E-state index in [1.165, 1.54) is 21.2 Å². The van der Waals surface area contributed by atoms with Gasteiger partial charge in [0.05, 0.1) is 9.13 Å². The first-order valence-electron chi connectivity index (χ1n) is 4.73. The van der Waals surface area contributed by atoms with Crippen molar-refractivity contribution in [2.75, 3.05) is 0 Å². The molecule has 0 bridgehead atoms. The second-order valence-electron chi connectivity index (χ2n) is 3.43. The van der Waals surface area contributed by atoms with Crippen LogP contribution in [0.5, 0.6) is 0 Å². The lowest BCUT2D eigenvalue weighted by Crippen LogP contribution is -2.27. The smallest absolute Gasteiger partial charge is 0.0512 e. The lowest BCUT2D eigenvalue weighted by Gasteiger charge is -2.00. The van der Waals surface area contributed by atoms with Crippen molar-refractivity contribution in [3.05, 3.63) is 46.8 Å². The van der Waals surface area contributed by atoms with E-state index in [9.17, 15) is 0 Å². The Morgan fingerprint density at radius 3 is 2.86 bits per heavy atom. The van der Waals surface area contributed by atoms with E-state index in [0.717, 1.165) is 9.13 Å². The van der Waals surface area contributed by atoms with Crippen LogP contribution in [-0.2, 0) is 0 Å². The van der Waals surface area contributed by atoms with Crippen LogP contribution in [0.4, 0.5) is 0 Å². The molecule has 65 valence electrons. The molecule has 2 aromatic carbocycles. The van der Waals surface area contributed by atoms with Gasteiger partial charge in [-0.15, -0.1) is 0 Å². The van der Waals surface area contributed by atoms with Gasteiger partial charge in [0.1, 0.15) is 0 Å². The molecule has 0 aromatic heterocycles. The van der Waals surface area contributed by atoms with Gasteiger partial charge in [0.15, 0.2) is 0 Å². The van der Waals surface area contributed by atoms with Gasteiger partial charge in [0, 0.05) is 0 Å². The quantitative estimate of drug-likeness (QED) is 0.545. The van der Waals surface area contributed by atoms with Gasteiger partial charge in [-0.25, -0.2) is 0 Å². The number of hydrogen-bond donors (Lipinski definition) is 0. The summed E-state index contributed by atoms with van der Waals surface area (Å²) < 4.78 is 0. The summed E-state index contributed by atoms with van der Waals surface area (Å²) in [5.41, 5.74) is 4.56. The molecule has 0 nitrogen and oxygen atoms in total. The lowest BCUT2D eigenvalue weighted by atomic mass is 10.1. The molecule has 1 heteroatoms. The summed E-state index contributed by atoms with van der Waals surface area (Å²) in [6.07, 6.45) is 2.22. The van der Waals surface area contributed by atoms with Gasteiger partial charge < -0.3 is 0 Å². The van der Waals surface area contributed by atoms with Gasteiger partial charge in [-0.1, -0.05) is 53.8 Å². The standard InChI is InChI=1S/C13H9Si/c1-2-4-12-10(3-1)5-6-11-7-8-14-9-13(11)12/h1-9H. The van der Waals surface area contributed by atoms with Crippen LogP contribution < -0.4 is 10.4 Å². The molecule has 1 aliphatic heterocycles. The van der Waals surface area contributed by atoms with Crippen LogP contribution in [0.25, 0.3) is 22.5 Å². The molecule has 2 aromatic rings. The first-order valence-corrected chi connectivity index (χ1v) is 5.88. The molecule has 0 saturated heterocycles. The van der Waals surface area contributed by atoms with Crippen LogP contribution in [0.1, 0.15) is 0 Å². The average Bonchev–Trinajstić information content (AvgIpc) is 2.29. The minimum absolute atomic E-state index is 0.826. The molecular weight excluding hydrogens is 184 g/mol. The maximum absolute atomic E-state index is 2.33. The molecule has 0 amide bonds. The molecule has 0 atom stereocenters. The Bertz CT molecular complexity index is 636. The third-order valence-electron chi connectivity index (χ3n) is 2.59. The number of benzene rings is 2. The van der Waals surface area contributed by atoms with Gasteiger partial charge in [0.25, 0.3) is 0 Å². The molecule has 1 heterocycles. The molecule has 14 heavy (non-hydrogen) atoms. The predicted molar refractivity (Wildman–Crippen MR) is 63.9 cm³/mol. The average molecular weight is 193 g/mol. The van der Waals surface area contributed by atoms with Crippen molar-refractivity contribution < 1.29 is 0 Å². The van der Waals surface area contributed by atoms with Crippen LogP contribution in [-0.4, -0.2) is 14.8 Å². The van der Waals surface area contributed by atoms with Gasteiger partial charge in [0.2, 0.25) is 0 Å². The number of fused-ring (bicyclic) bond motifs is 3.